The molecule has 4 nitrogen and oxygen atoms in total. The Balaban J connectivity index is 1.95. The Morgan fingerprint density at radius 1 is 0.903 bits per heavy atom. The average molecular weight is 474 g/mol. The van der Waals surface area contributed by atoms with E-state index < -0.39 is 52.2 Å². The number of amides is 1. The maximum Gasteiger partial charge on any atom is 0.352 e. The number of hydrogen-bond donors (Lipinski definition) is 2. The number of carboxylic acid groups (broad SMARTS) is 1. The van der Waals surface area contributed by atoms with E-state index in [2.05, 4.69) is 0 Å². The van der Waals surface area contributed by atoms with Crippen molar-refractivity contribution in [3.8, 4) is 10.4 Å². The second-order valence-electron chi connectivity index (χ2n) is 5.94. The molecule has 0 saturated heterocycles. The largest absolute Gasteiger partial charge is 0.477 e. The van der Waals surface area contributed by atoms with E-state index >= 15 is 0 Å². The quantitative estimate of drug-likeness (QED) is 0.219. The number of rotatable bonds is 5. The Hall–Kier alpha value is -3.24. The van der Waals surface area contributed by atoms with E-state index in [1.165, 1.54) is 6.07 Å². The molecule has 0 aliphatic heterocycles. The number of carboxylic acids is 1. The van der Waals surface area contributed by atoms with Gasteiger partial charge in [0, 0.05) is 20.3 Å². The van der Waals surface area contributed by atoms with Gasteiger partial charge in [0.2, 0.25) is 5.82 Å². The Morgan fingerprint density at radius 2 is 1.48 bits per heavy atom. The van der Waals surface area contributed by atoms with Crippen molar-refractivity contribution < 1.29 is 36.6 Å². The molecule has 0 atom stereocenters. The van der Waals surface area contributed by atoms with Gasteiger partial charge < -0.3 is 10.4 Å². The van der Waals surface area contributed by atoms with E-state index in [0.29, 0.717) is 20.3 Å². The highest BCUT2D eigenvalue weighted by Gasteiger charge is 2.30. The summed E-state index contributed by atoms with van der Waals surface area (Å²) in [5, 5.41) is 11.4. The molecule has 3 rings (SSSR count). The zero-order valence-electron chi connectivity index (χ0n) is 15.0. The highest BCUT2D eigenvalue weighted by atomic mass is 35.5. The van der Waals surface area contributed by atoms with Gasteiger partial charge in [-0.2, -0.15) is 0 Å². The number of aliphatic carboxylic acids is 1. The molecular weight excluding hydrogens is 465 g/mol. The van der Waals surface area contributed by atoms with Gasteiger partial charge >= 0.3 is 5.97 Å². The fourth-order valence-corrected chi connectivity index (χ4v) is 3.80. The number of hydrogen-bond acceptors (Lipinski definition) is 3. The molecule has 11 heteroatoms. The summed E-state index contributed by atoms with van der Waals surface area (Å²) in [6, 6.07) is 9.96. The molecule has 2 aromatic carbocycles. The average Bonchev–Trinajstić information content (AvgIpc) is 3.19. The highest BCUT2D eigenvalue weighted by molar-refractivity contribution is 7.16. The minimum Gasteiger partial charge on any atom is -0.477 e. The van der Waals surface area contributed by atoms with Crippen molar-refractivity contribution in [1.82, 2.24) is 5.32 Å². The molecule has 0 aliphatic rings. The first kappa shape index (κ1) is 22.4. The predicted molar refractivity (Wildman–Crippen MR) is 104 cm³/mol. The zero-order valence-corrected chi connectivity index (χ0v) is 16.6. The van der Waals surface area contributed by atoms with Crippen LogP contribution in [0, 0.1) is 29.1 Å². The summed E-state index contributed by atoms with van der Waals surface area (Å²) in [6.45, 7) is 0. The van der Waals surface area contributed by atoms with E-state index in [4.69, 9.17) is 11.6 Å². The molecule has 0 spiro atoms. The SMILES string of the molecule is O=C(O)/C(=C/c1ccc(-c2ccccc2Cl)s1)NC(=O)c1c(F)c(F)c(F)c(F)c1F. The van der Waals surface area contributed by atoms with Gasteiger partial charge in [-0.15, -0.1) is 11.3 Å². The monoisotopic (exact) mass is 473 g/mol. The van der Waals surface area contributed by atoms with Crippen LogP contribution in [0.15, 0.2) is 42.1 Å². The number of carbonyl (C=O) groups is 2. The van der Waals surface area contributed by atoms with E-state index in [1.807, 2.05) is 0 Å². The predicted octanol–water partition coefficient (Wildman–Crippen LogP) is 5.62. The second kappa shape index (κ2) is 8.86. The van der Waals surface area contributed by atoms with Crippen LogP contribution in [0.1, 0.15) is 15.2 Å². The summed E-state index contributed by atoms with van der Waals surface area (Å²) < 4.78 is 67.4. The molecule has 31 heavy (non-hydrogen) atoms. The van der Waals surface area contributed by atoms with Crippen LogP contribution in [0.4, 0.5) is 22.0 Å². The zero-order chi connectivity index (χ0) is 22.9. The summed E-state index contributed by atoms with van der Waals surface area (Å²) in [4.78, 5) is 24.5. The molecule has 0 fully saturated rings. The van der Waals surface area contributed by atoms with Crippen LogP contribution in [0.25, 0.3) is 16.5 Å². The number of halogens is 6. The molecule has 0 saturated carbocycles. The summed E-state index contributed by atoms with van der Waals surface area (Å²) in [5.74, 6) is -15.4. The van der Waals surface area contributed by atoms with Crippen LogP contribution in [0.3, 0.4) is 0 Å². The van der Waals surface area contributed by atoms with Crippen molar-refractivity contribution in [3.05, 3.63) is 86.6 Å². The standard InChI is InChI=1S/C20H9ClF5NO3S/c21-10-4-2-1-3-9(10)12-6-5-8(31-12)7-11(20(29)30)27-19(28)13-14(22)16(24)18(26)17(25)15(13)23/h1-7H,(H,27,28)(H,29,30)/b11-7-. The lowest BCUT2D eigenvalue weighted by molar-refractivity contribution is -0.132. The molecule has 0 bridgehead atoms. The summed E-state index contributed by atoms with van der Waals surface area (Å²) in [5.41, 5.74) is -1.98. The Kier molecular flexibility index (Phi) is 6.42. The van der Waals surface area contributed by atoms with E-state index in [-0.39, 0.29) is 0 Å². The van der Waals surface area contributed by atoms with Gasteiger partial charge in [0.05, 0.1) is 0 Å². The second-order valence-corrected chi connectivity index (χ2v) is 7.47. The van der Waals surface area contributed by atoms with Crippen molar-refractivity contribution in [3.63, 3.8) is 0 Å². The Labute approximate surface area is 180 Å². The normalized spacial score (nSPS) is 11.5. The Morgan fingerprint density at radius 3 is 2.06 bits per heavy atom. The van der Waals surface area contributed by atoms with E-state index in [1.54, 1.807) is 35.6 Å². The van der Waals surface area contributed by atoms with Crippen LogP contribution in [-0.4, -0.2) is 17.0 Å². The van der Waals surface area contributed by atoms with Crippen LogP contribution < -0.4 is 5.32 Å². The van der Waals surface area contributed by atoms with Gasteiger partial charge in [-0.1, -0.05) is 29.8 Å². The molecule has 0 unspecified atom stereocenters. The first-order valence-corrected chi connectivity index (χ1v) is 9.43. The van der Waals surface area contributed by atoms with Gasteiger partial charge in [0.25, 0.3) is 5.91 Å². The molecule has 160 valence electrons. The van der Waals surface area contributed by atoms with Crippen molar-refractivity contribution in [2.24, 2.45) is 0 Å². The fourth-order valence-electron chi connectivity index (χ4n) is 2.52. The fraction of sp³-hybridized carbons (Fsp3) is 0. The third-order valence-corrected chi connectivity index (χ3v) is 5.36. The molecular formula is C20H9ClF5NO3S. The van der Waals surface area contributed by atoms with Gasteiger partial charge in [0.15, 0.2) is 23.3 Å². The third-order valence-electron chi connectivity index (χ3n) is 3.97. The van der Waals surface area contributed by atoms with Crippen molar-refractivity contribution in [2.75, 3.05) is 0 Å². The lowest BCUT2D eigenvalue weighted by Gasteiger charge is -2.09. The number of thiophene rings is 1. The first-order valence-electron chi connectivity index (χ1n) is 8.24. The first-order chi connectivity index (χ1) is 14.6. The molecule has 3 aromatic rings. The van der Waals surface area contributed by atoms with E-state index in [0.717, 1.165) is 17.4 Å². The highest BCUT2D eigenvalue weighted by Crippen LogP contribution is 2.34. The van der Waals surface area contributed by atoms with Gasteiger partial charge in [-0.3, -0.25) is 4.79 Å². The van der Waals surface area contributed by atoms with Crippen LogP contribution in [0.5, 0.6) is 0 Å². The minimum absolute atomic E-state index is 0.310. The number of carbonyl (C=O) groups excluding carboxylic acids is 1. The summed E-state index contributed by atoms with van der Waals surface area (Å²) in [6.07, 6.45) is 0.970. The maximum atomic E-state index is 13.8. The van der Waals surface area contributed by atoms with E-state index in [9.17, 15) is 36.6 Å². The van der Waals surface area contributed by atoms with Crippen molar-refractivity contribution >= 4 is 40.9 Å². The maximum absolute atomic E-state index is 13.8. The van der Waals surface area contributed by atoms with Gasteiger partial charge in [-0.05, 0) is 24.3 Å². The van der Waals surface area contributed by atoms with Crippen LogP contribution in [0.2, 0.25) is 5.02 Å². The lowest BCUT2D eigenvalue weighted by Crippen LogP contribution is -2.29. The molecule has 0 radical (unpaired) electrons. The number of nitrogens with one attached hydrogen (secondary N) is 1. The summed E-state index contributed by atoms with van der Waals surface area (Å²) >= 11 is 7.20. The molecule has 1 amide bonds. The minimum atomic E-state index is -2.44. The topological polar surface area (TPSA) is 66.4 Å². The molecule has 1 heterocycles. The van der Waals surface area contributed by atoms with Crippen molar-refractivity contribution in [1.29, 1.82) is 0 Å². The third kappa shape index (κ3) is 4.44. The van der Waals surface area contributed by atoms with Gasteiger partial charge in [-0.25, -0.2) is 26.7 Å². The van der Waals surface area contributed by atoms with Crippen molar-refractivity contribution in [2.45, 2.75) is 0 Å². The molecule has 0 aliphatic carbocycles. The molecule has 1 aromatic heterocycles. The lowest BCUT2D eigenvalue weighted by atomic mass is 10.1. The van der Waals surface area contributed by atoms with Gasteiger partial charge in [0.1, 0.15) is 11.3 Å². The summed E-state index contributed by atoms with van der Waals surface area (Å²) in [7, 11) is 0. The Bertz CT molecular complexity index is 1210. The van der Waals surface area contributed by atoms with Crippen LogP contribution in [-0.2, 0) is 4.79 Å². The number of benzene rings is 2. The van der Waals surface area contributed by atoms with Crippen LogP contribution >= 0.6 is 22.9 Å². The smallest absolute Gasteiger partial charge is 0.352 e. The molecule has 2 N–H and O–H groups in total.